The van der Waals surface area contributed by atoms with E-state index >= 15 is 0 Å². The first-order chi connectivity index (χ1) is 23.8. The van der Waals surface area contributed by atoms with Crippen LogP contribution in [0.4, 0.5) is 0 Å². The molecule has 1 nitrogen and oxygen atoms in total. The quantitative estimate of drug-likeness (QED) is 0.185. The Labute approximate surface area is 273 Å². The van der Waals surface area contributed by atoms with Crippen LogP contribution in [-0.4, -0.2) is 0 Å². The third-order valence-electron chi connectivity index (χ3n) is 9.72. The summed E-state index contributed by atoms with van der Waals surface area (Å²) in [5.74, 6) is 0. The van der Waals surface area contributed by atoms with Crippen molar-refractivity contribution >= 4 is 65.0 Å². The molecule has 218 valence electrons. The molecule has 0 aliphatic carbocycles. The summed E-state index contributed by atoms with van der Waals surface area (Å²) in [7, 11) is 0. The maximum Gasteiger partial charge on any atom is 0.143 e. The van der Waals surface area contributed by atoms with E-state index < -0.39 is 0 Å². The minimum atomic E-state index is 0.564. The highest BCUT2D eigenvalue weighted by Gasteiger charge is 2.22. The molecule has 0 atom stereocenters. The molecule has 1 heterocycles. The van der Waals surface area contributed by atoms with Gasteiger partial charge in [0.1, 0.15) is 11.2 Å². The van der Waals surface area contributed by atoms with Gasteiger partial charge in [-0.15, -0.1) is 0 Å². The van der Waals surface area contributed by atoms with E-state index in [0.29, 0.717) is 6.04 Å². The molecule has 0 saturated heterocycles. The molecule has 0 amide bonds. The SMILES string of the molecule is [2H]c1c2ccccc2c(-c2cccc3oc4c(-c5c6ccccc6c(-c6ccccc6)c6ccccc56)cccc4c23)c2ccccc12. The highest BCUT2D eigenvalue weighted by molar-refractivity contribution is 6.26. The molecule has 0 radical (unpaired) electrons. The van der Waals surface area contributed by atoms with Crippen LogP contribution < -0.4 is 0 Å². The lowest BCUT2D eigenvalue weighted by Gasteiger charge is -2.17. The molecule has 9 aromatic carbocycles. The van der Waals surface area contributed by atoms with Gasteiger partial charge in [0.25, 0.3) is 0 Å². The summed E-state index contributed by atoms with van der Waals surface area (Å²) >= 11 is 0. The molecule has 0 aliphatic rings. The summed E-state index contributed by atoms with van der Waals surface area (Å²) < 4.78 is 16.0. The summed E-state index contributed by atoms with van der Waals surface area (Å²) in [6.45, 7) is 0. The highest BCUT2D eigenvalue weighted by atomic mass is 16.3. The normalized spacial score (nSPS) is 12.1. The zero-order valence-electron chi connectivity index (χ0n) is 26.5. The molecule has 0 unspecified atom stereocenters. The Morgan fingerprint density at radius 3 is 1.47 bits per heavy atom. The molecular weight excluding hydrogens is 569 g/mol. The third-order valence-corrected chi connectivity index (χ3v) is 9.72. The van der Waals surface area contributed by atoms with Gasteiger partial charge in [-0.3, -0.25) is 0 Å². The van der Waals surface area contributed by atoms with Gasteiger partial charge >= 0.3 is 0 Å². The standard InChI is InChI=1S/C46H28O/c1-2-14-29(15-3-1)42-34-20-8-10-22-36(34)44(37-23-11-9-21-35(37)42)39-25-12-26-40-45-38(24-13-27-41(45)47-46(39)40)43-32-18-6-4-16-30(32)28-31-17-5-7-19-33(31)43/h1-28H/i28D. The number of hydrogen-bond acceptors (Lipinski definition) is 1. The topological polar surface area (TPSA) is 13.1 Å². The first kappa shape index (κ1) is 25.1. The maximum absolute atomic E-state index is 9.06. The molecule has 0 bridgehead atoms. The second-order valence-corrected chi connectivity index (χ2v) is 12.3. The van der Waals surface area contributed by atoms with Crippen LogP contribution in [0.3, 0.4) is 0 Å². The van der Waals surface area contributed by atoms with Crippen molar-refractivity contribution in [3.05, 3.63) is 170 Å². The zero-order valence-corrected chi connectivity index (χ0v) is 25.5. The van der Waals surface area contributed by atoms with Crippen LogP contribution in [0.15, 0.2) is 174 Å². The van der Waals surface area contributed by atoms with Crippen molar-refractivity contribution in [3.8, 4) is 33.4 Å². The van der Waals surface area contributed by atoms with E-state index in [1.54, 1.807) is 0 Å². The number of para-hydroxylation sites is 1. The van der Waals surface area contributed by atoms with Gasteiger partial charge in [-0.2, -0.15) is 0 Å². The predicted molar refractivity (Wildman–Crippen MR) is 200 cm³/mol. The van der Waals surface area contributed by atoms with Crippen molar-refractivity contribution in [3.63, 3.8) is 0 Å². The van der Waals surface area contributed by atoms with Gasteiger partial charge in [0.05, 0.1) is 1.37 Å². The van der Waals surface area contributed by atoms with Crippen molar-refractivity contribution in [2.75, 3.05) is 0 Å². The van der Waals surface area contributed by atoms with Crippen LogP contribution in [0, 0.1) is 0 Å². The Hall–Kier alpha value is -6.18. The summed E-state index contributed by atoms with van der Waals surface area (Å²) in [5.41, 5.74) is 8.71. The fourth-order valence-electron chi connectivity index (χ4n) is 7.79. The summed E-state index contributed by atoms with van der Waals surface area (Å²) in [6, 6.07) is 58.4. The molecule has 47 heavy (non-hydrogen) atoms. The second-order valence-electron chi connectivity index (χ2n) is 12.3. The Kier molecular flexibility index (Phi) is 5.42. The lowest BCUT2D eigenvalue weighted by Crippen LogP contribution is -1.91. The minimum Gasteiger partial charge on any atom is -0.455 e. The van der Waals surface area contributed by atoms with Crippen LogP contribution in [0.25, 0.3) is 98.4 Å². The van der Waals surface area contributed by atoms with Gasteiger partial charge in [0.2, 0.25) is 0 Å². The van der Waals surface area contributed by atoms with E-state index in [2.05, 4.69) is 152 Å². The average molecular weight is 598 g/mol. The molecule has 1 heteroatoms. The molecule has 0 spiro atoms. The van der Waals surface area contributed by atoms with E-state index in [1.807, 2.05) is 12.1 Å². The van der Waals surface area contributed by atoms with Gasteiger partial charge in [-0.05, 0) is 77.5 Å². The van der Waals surface area contributed by atoms with Gasteiger partial charge < -0.3 is 4.42 Å². The predicted octanol–water partition coefficient (Wildman–Crippen LogP) is 13.2. The number of benzene rings is 9. The lowest BCUT2D eigenvalue weighted by atomic mass is 9.85. The highest BCUT2D eigenvalue weighted by Crippen LogP contribution is 2.48. The molecular formula is C46H28O. The second kappa shape index (κ2) is 10.2. The fourth-order valence-corrected chi connectivity index (χ4v) is 7.79. The number of furan rings is 1. The van der Waals surface area contributed by atoms with Gasteiger partial charge in [-0.1, -0.05) is 158 Å². The smallest absolute Gasteiger partial charge is 0.143 e. The average Bonchev–Trinajstić information content (AvgIpc) is 3.54. The van der Waals surface area contributed by atoms with Gasteiger partial charge in [0.15, 0.2) is 0 Å². The van der Waals surface area contributed by atoms with E-state index in [0.717, 1.165) is 60.2 Å². The summed E-state index contributed by atoms with van der Waals surface area (Å²) in [5, 5.41) is 11.1. The van der Waals surface area contributed by atoms with E-state index in [4.69, 9.17) is 5.79 Å². The van der Waals surface area contributed by atoms with E-state index in [-0.39, 0.29) is 0 Å². The maximum atomic E-state index is 9.06. The van der Waals surface area contributed by atoms with Crippen LogP contribution in [0.5, 0.6) is 0 Å². The Morgan fingerprint density at radius 1 is 0.362 bits per heavy atom. The van der Waals surface area contributed by atoms with Crippen molar-refractivity contribution < 1.29 is 5.79 Å². The number of rotatable bonds is 3. The molecule has 10 aromatic rings. The lowest BCUT2D eigenvalue weighted by molar-refractivity contribution is 0.670. The number of fused-ring (bicyclic) bond motifs is 7. The van der Waals surface area contributed by atoms with Crippen LogP contribution >= 0.6 is 0 Å². The Morgan fingerprint density at radius 2 is 0.830 bits per heavy atom. The number of hydrogen-bond donors (Lipinski definition) is 0. The largest absolute Gasteiger partial charge is 0.455 e. The fraction of sp³-hybridized carbons (Fsp3) is 0. The molecule has 0 aliphatic heterocycles. The van der Waals surface area contributed by atoms with Crippen molar-refractivity contribution in [1.29, 1.82) is 0 Å². The molecule has 1 aromatic heterocycles. The van der Waals surface area contributed by atoms with E-state index in [9.17, 15) is 0 Å². The Bertz CT molecular complexity index is 2780. The first-order valence-electron chi connectivity index (χ1n) is 16.6. The minimum absolute atomic E-state index is 0.564. The molecule has 0 N–H and O–H groups in total. The van der Waals surface area contributed by atoms with Crippen LogP contribution in [0.1, 0.15) is 1.37 Å². The molecule has 0 fully saturated rings. The first-order valence-corrected chi connectivity index (χ1v) is 16.1. The third kappa shape index (κ3) is 3.84. The molecule has 10 rings (SSSR count). The van der Waals surface area contributed by atoms with Crippen molar-refractivity contribution in [1.82, 2.24) is 0 Å². The van der Waals surface area contributed by atoms with Gasteiger partial charge in [-0.25, -0.2) is 0 Å². The summed E-state index contributed by atoms with van der Waals surface area (Å²) in [4.78, 5) is 0. The van der Waals surface area contributed by atoms with Gasteiger partial charge in [0, 0.05) is 21.9 Å². The van der Waals surface area contributed by atoms with Crippen LogP contribution in [0.2, 0.25) is 0 Å². The summed E-state index contributed by atoms with van der Waals surface area (Å²) in [6.07, 6.45) is 0. The van der Waals surface area contributed by atoms with E-state index in [1.165, 1.54) is 38.2 Å². The molecule has 0 saturated carbocycles. The monoisotopic (exact) mass is 597 g/mol. The Balaban J connectivity index is 1.33. The van der Waals surface area contributed by atoms with Crippen molar-refractivity contribution in [2.45, 2.75) is 0 Å². The van der Waals surface area contributed by atoms with Crippen molar-refractivity contribution in [2.24, 2.45) is 0 Å². The van der Waals surface area contributed by atoms with Crippen LogP contribution in [-0.2, 0) is 0 Å². The zero-order chi connectivity index (χ0) is 31.8.